The minimum atomic E-state index is 0.471. The Labute approximate surface area is 131 Å². The third-order valence-corrected chi connectivity index (χ3v) is 3.64. The van der Waals surface area contributed by atoms with Gasteiger partial charge in [0.15, 0.2) is 0 Å². The highest BCUT2D eigenvalue weighted by atomic mass is 79.9. The number of pyridine rings is 1. The zero-order valence-corrected chi connectivity index (χ0v) is 12.8. The van der Waals surface area contributed by atoms with Crippen LogP contribution in [0.4, 0.5) is 5.82 Å². The smallest absolute Gasteiger partial charge is 0.140 e. The van der Waals surface area contributed by atoms with E-state index in [0.717, 1.165) is 21.2 Å². The number of rotatable bonds is 4. The number of nitrogens with zero attached hydrogens (tertiary/aromatic N) is 1. The molecule has 0 aliphatic rings. The number of anilines is 1. The Morgan fingerprint density at radius 1 is 1.05 bits per heavy atom. The van der Waals surface area contributed by atoms with Gasteiger partial charge < -0.3 is 10.2 Å². The van der Waals surface area contributed by atoms with Crippen LogP contribution in [0.1, 0.15) is 5.56 Å². The van der Waals surface area contributed by atoms with Crippen molar-refractivity contribution >= 4 is 32.5 Å². The number of hydrogen-bond donors (Lipinski definition) is 2. The molecule has 0 saturated heterocycles. The molecule has 0 saturated carbocycles. The summed E-state index contributed by atoms with van der Waals surface area (Å²) in [4.78, 5) is 4.07. The van der Waals surface area contributed by atoms with Gasteiger partial charge in [0, 0.05) is 10.7 Å². The van der Waals surface area contributed by atoms with Crippen LogP contribution in [0, 0.1) is 0 Å². The number of hydrogen-bond acceptors (Lipinski definition) is 4. The Hall–Kier alpha value is -2.11. The minimum absolute atomic E-state index is 0.471. The summed E-state index contributed by atoms with van der Waals surface area (Å²) in [6.45, 7) is 0.471. The molecule has 106 valence electrons. The number of aromatic nitrogens is 1. The van der Waals surface area contributed by atoms with Gasteiger partial charge in [-0.1, -0.05) is 28.1 Å². The van der Waals surface area contributed by atoms with Crippen LogP contribution in [-0.2, 0) is 6.61 Å². The third-order valence-electron chi connectivity index (χ3n) is 3.15. The molecule has 0 atom stereocenters. The first-order chi connectivity index (χ1) is 10.2. The highest BCUT2D eigenvalue weighted by Gasteiger charge is 2.01. The van der Waals surface area contributed by atoms with E-state index < -0.39 is 0 Å². The van der Waals surface area contributed by atoms with Crippen LogP contribution in [0.2, 0.25) is 0 Å². The average Bonchev–Trinajstić information content (AvgIpc) is 2.53. The molecule has 0 amide bonds. The van der Waals surface area contributed by atoms with Crippen molar-refractivity contribution in [3.8, 4) is 5.75 Å². The van der Waals surface area contributed by atoms with Crippen LogP contribution in [0.15, 0.2) is 59.2 Å². The molecule has 0 fully saturated rings. The largest absolute Gasteiger partial charge is 0.489 e. The average molecular weight is 344 g/mol. The number of halogens is 1. The maximum Gasteiger partial charge on any atom is 0.140 e. The van der Waals surface area contributed by atoms with Crippen LogP contribution in [0.5, 0.6) is 5.75 Å². The Bertz CT molecular complexity index is 776. The number of benzene rings is 2. The quantitative estimate of drug-likeness (QED) is 0.557. The molecule has 0 unspecified atom stereocenters. The van der Waals surface area contributed by atoms with E-state index in [9.17, 15) is 0 Å². The van der Waals surface area contributed by atoms with Crippen molar-refractivity contribution in [2.75, 3.05) is 5.43 Å². The fourth-order valence-corrected chi connectivity index (χ4v) is 2.47. The van der Waals surface area contributed by atoms with Gasteiger partial charge in [-0.25, -0.2) is 10.8 Å². The second-order valence-electron chi connectivity index (χ2n) is 4.64. The van der Waals surface area contributed by atoms with E-state index in [1.54, 1.807) is 6.20 Å². The topological polar surface area (TPSA) is 60.2 Å². The lowest BCUT2D eigenvalue weighted by molar-refractivity contribution is 0.306. The molecule has 0 aliphatic carbocycles. The van der Waals surface area contributed by atoms with Crippen molar-refractivity contribution < 1.29 is 4.74 Å². The van der Waals surface area contributed by atoms with Crippen molar-refractivity contribution in [1.29, 1.82) is 0 Å². The van der Waals surface area contributed by atoms with Gasteiger partial charge >= 0.3 is 0 Å². The lowest BCUT2D eigenvalue weighted by Crippen LogP contribution is -2.09. The molecule has 4 nitrogen and oxygen atoms in total. The van der Waals surface area contributed by atoms with Crippen molar-refractivity contribution in [3.63, 3.8) is 0 Å². The third kappa shape index (κ3) is 3.32. The van der Waals surface area contributed by atoms with E-state index in [4.69, 9.17) is 10.6 Å². The molecule has 1 heterocycles. The second-order valence-corrected chi connectivity index (χ2v) is 5.55. The number of hydrazine groups is 1. The van der Waals surface area contributed by atoms with Crippen LogP contribution in [0.25, 0.3) is 10.8 Å². The SMILES string of the molecule is NNc1cc(COc2ccc3cc(Br)ccc3c2)ccn1. The first kappa shape index (κ1) is 13.9. The first-order valence-electron chi connectivity index (χ1n) is 6.48. The predicted molar refractivity (Wildman–Crippen MR) is 88.0 cm³/mol. The number of nitrogens with one attached hydrogen (secondary N) is 1. The van der Waals surface area contributed by atoms with E-state index in [2.05, 4.69) is 44.5 Å². The predicted octanol–water partition coefficient (Wildman–Crippen LogP) is 3.86. The van der Waals surface area contributed by atoms with Gasteiger partial charge in [0.25, 0.3) is 0 Å². The highest BCUT2D eigenvalue weighted by molar-refractivity contribution is 9.10. The van der Waals surface area contributed by atoms with Gasteiger partial charge in [0.2, 0.25) is 0 Å². The van der Waals surface area contributed by atoms with E-state index in [1.165, 1.54) is 5.39 Å². The summed E-state index contributed by atoms with van der Waals surface area (Å²) < 4.78 is 6.89. The molecular weight excluding hydrogens is 330 g/mol. The Morgan fingerprint density at radius 2 is 1.86 bits per heavy atom. The molecule has 21 heavy (non-hydrogen) atoms. The molecule has 0 spiro atoms. The molecule has 0 radical (unpaired) electrons. The lowest BCUT2D eigenvalue weighted by Gasteiger charge is -2.08. The van der Waals surface area contributed by atoms with Gasteiger partial charge in [-0.3, -0.25) is 0 Å². The molecule has 3 aromatic rings. The summed E-state index contributed by atoms with van der Waals surface area (Å²) in [6, 6.07) is 16.0. The van der Waals surface area contributed by atoms with Crippen LogP contribution in [0.3, 0.4) is 0 Å². The summed E-state index contributed by atoms with van der Waals surface area (Å²) in [5.41, 5.74) is 3.53. The van der Waals surface area contributed by atoms with Gasteiger partial charge in [-0.15, -0.1) is 0 Å². The van der Waals surface area contributed by atoms with Crippen LogP contribution >= 0.6 is 15.9 Å². The summed E-state index contributed by atoms with van der Waals surface area (Å²) in [7, 11) is 0. The van der Waals surface area contributed by atoms with E-state index in [0.29, 0.717) is 12.4 Å². The van der Waals surface area contributed by atoms with E-state index in [1.807, 2.05) is 30.3 Å². The lowest BCUT2D eigenvalue weighted by atomic mass is 10.1. The normalized spacial score (nSPS) is 10.6. The summed E-state index contributed by atoms with van der Waals surface area (Å²) in [5.74, 6) is 6.80. The van der Waals surface area contributed by atoms with Gasteiger partial charge in [0.1, 0.15) is 18.2 Å². The Kier molecular flexibility index (Phi) is 4.03. The molecule has 2 aromatic carbocycles. The van der Waals surface area contributed by atoms with E-state index >= 15 is 0 Å². The molecule has 3 N–H and O–H groups in total. The van der Waals surface area contributed by atoms with Crippen molar-refractivity contribution in [2.24, 2.45) is 5.84 Å². The highest BCUT2D eigenvalue weighted by Crippen LogP contribution is 2.24. The van der Waals surface area contributed by atoms with Crippen LogP contribution < -0.4 is 16.0 Å². The Morgan fingerprint density at radius 3 is 2.71 bits per heavy atom. The zero-order chi connectivity index (χ0) is 14.7. The number of nitrogens with two attached hydrogens (primary N) is 1. The summed E-state index contributed by atoms with van der Waals surface area (Å²) in [6.07, 6.45) is 1.70. The number of fused-ring (bicyclic) bond motifs is 1. The minimum Gasteiger partial charge on any atom is -0.489 e. The number of ether oxygens (including phenoxy) is 1. The second kappa shape index (κ2) is 6.11. The van der Waals surface area contributed by atoms with Crippen molar-refractivity contribution in [3.05, 3.63) is 64.8 Å². The van der Waals surface area contributed by atoms with Gasteiger partial charge in [-0.05, 0) is 52.7 Å². The monoisotopic (exact) mass is 343 g/mol. The number of nitrogen functional groups attached to an aromatic ring is 1. The summed E-state index contributed by atoms with van der Waals surface area (Å²) >= 11 is 3.47. The fourth-order valence-electron chi connectivity index (χ4n) is 2.09. The molecular formula is C16H14BrN3O. The maximum atomic E-state index is 5.82. The van der Waals surface area contributed by atoms with Gasteiger partial charge in [0.05, 0.1) is 0 Å². The maximum absolute atomic E-state index is 5.82. The molecule has 1 aromatic heterocycles. The molecule has 0 bridgehead atoms. The molecule has 3 rings (SSSR count). The first-order valence-corrected chi connectivity index (χ1v) is 7.27. The molecule has 5 heteroatoms. The van der Waals surface area contributed by atoms with Crippen molar-refractivity contribution in [2.45, 2.75) is 6.61 Å². The van der Waals surface area contributed by atoms with E-state index in [-0.39, 0.29) is 0 Å². The van der Waals surface area contributed by atoms with Crippen molar-refractivity contribution in [1.82, 2.24) is 4.98 Å². The standard InChI is InChI=1S/C16H14BrN3O/c17-14-3-1-13-9-15(4-2-12(13)8-14)21-10-11-5-6-19-16(7-11)20-18/h1-9H,10,18H2,(H,19,20). The summed E-state index contributed by atoms with van der Waals surface area (Å²) in [5, 5.41) is 2.32. The van der Waals surface area contributed by atoms with Gasteiger partial charge in [-0.2, -0.15) is 0 Å². The zero-order valence-electron chi connectivity index (χ0n) is 11.2. The Balaban J connectivity index is 1.77. The van der Waals surface area contributed by atoms with Crippen LogP contribution in [-0.4, -0.2) is 4.98 Å². The molecule has 0 aliphatic heterocycles. The fraction of sp³-hybridized carbons (Fsp3) is 0.0625.